The molecule has 0 aromatic heterocycles. The minimum Gasteiger partial charge on any atom is -0.375 e. The second-order valence-electron chi connectivity index (χ2n) is 5.56. The van der Waals surface area contributed by atoms with Gasteiger partial charge in [-0.3, -0.25) is 0 Å². The minimum atomic E-state index is -1.12. The highest BCUT2D eigenvalue weighted by molar-refractivity contribution is 6.82. The Labute approximate surface area is 107 Å². The quantitative estimate of drug-likeness (QED) is 0.679. The van der Waals surface area contributed by atoms with Crippen molar-refractivity contribution < 1.29 is 0 Å². The summed E-state index contributed by atoms with van der Waals surface area (Å²) in [5.41, 5.74) is 4.85. The van der Waals surface area contributed by atoms with Crippen LogP contribution < -0.4 is 4.90 Å². The third-order valence-electron chi connectivity index (χ3n) is 3.31. The zero-order valence-electron chi connectivity index (χ0n) is 11.7. The van der Waals surface area contributed by atoms with Gasteiger partial charge in [0.2, 0.25) is 0 Å². The van der Waals surface area contributed by atoms with Crippen LogP contribution in [0.25, 0.3) is 0 Å². The molecule has 94 valence electrons. The first-order chi connectivity index (χ1) is 7.94. The zero-order chi connectivity index (χ0) is 12.9. The fourth-order valence-electron chi connectivity index (χ4n) is 1.87. The number of anilines is 1. The van der Waals surface area contributed by atoms with Crippen molar-refractivity contribution in [1.82, 2.24) is 0 Å². The highest BCUT2D eigenvalue weighted by atomic mass is 28.3. The van der Waals surface area contributed by atoms with Gasteiger partial charge in [-0.05, 0) is 31.0 Å². The lowest BCUT2D eigenvalue weighted by atomic mass is 10.2. The van der Waals surface area contributed by atoms with Crippen molar-refractivity contribution in [3.8, 4) is 0 Å². The predicted molar refractivity (Wildman–Crippen MR) is 81.6 cm³/mol. The molecule has 1 aromatic rings. The standard InChI is InChI=1S/C15H25NSi/c1-6-17(4,5)12-8-11-16(3)15-10-7-9-14(2)13-15/h6-7,9-10,13H,1,8,11-12H2,2-5H3. The SMILES string of the molecule is C=C[Si](C)(C)CCCN(C)c1cccc(C)c1. The number of aryl methyl sites for hydroxylation is 1. The monoisotopic (exact) mass is 247 g/mol. The van der Waals surface area contributed by atoms with Gasteiger partial charge in [0.05, 0.1) is 8.07 Å². The van der Waals surface area contributed by atoms with Crippen LogP contribution in [-0.2, 0) is 0 Å². The lowest BCUT2D eigenvalue weighted by Crippen LogP contribution is -2.25. The Balaban J connectivity index is 2.45. The number of benzene rings is 1. The molecule has 0 aliphatic heterocycles. The van der Waals surface area contributed by atoms with E-state index in [-0.39, 0.29) is 0 Å². The summed E-state index contributed by atoms with van der Waals surface area (Å²) < 4.78 is 0. The number of nitrogens with zero attached hydrogens (tertiary/aromatic N) is 1. The van der Waals surface area contributed by atoms with Crippen LogP contribution in [0.5, 0.6) is 0 Å². The summed E-state index contributed by atoms with van der Waals surface area (Å²) in [6, 6.07) is 10.0. The molecule has 0 spiro atoms. The third kappa shape index (κ3) is 4.78. The second kappa shape index (κ2) is 6.06. The molecule has 0 heterocycles. The van der Waals surface area contributed by atoms with Crippen molar-refractivity contribution >= 4 is 13.8 Å². The Bertz CT molecular complexity index is 371. The fourth-order valence-corrected chi connectivity index (χ4v) is 3.14. The number of hydrogen-bond donors (Lipinski definition) is 0. The third-order valence-corrected chi connectivity index (χ3v) is 6.06. The Morgan fingerprint density at radius 1 is 1.35 bits per heavy atom. The highest BCUT2D eigenvalue weighted by Crippen LogP contribution is 2.17. The van der Waals surface area contributed by atoms with E-state index in [9.17, 15) is 0 Å². The van der Waals surface area contributed by atoms with E-state index >= 15 is 0 Å². The molecule has 0 radical (unpaired) electrons. The maximum absolute atomic E-state index is 3.95. The van der Waals surface area contributed by atoms with Crippen LogP contribution in [0.15, 0.2) is 36.5 Å². The summed E-state index contributed by atoms with van der Waals surface area (Å²) in [5, 5.41) is 0. The summed E-state index contributed by atoms with van der Waals surface area (Å²) in [6.07, 6.45) is 1.26. The summed E-state index contributed by atoms with van der Waals surface area (Å²) in [4.78, 5) is 2.35. The molecule has 1 rings (SSSR count). The van der Waals surface area contributed by atoms with Gasteiger partial charge >= 0.3 is 0 Å². The van der Waals surface area contributed by atoms with E-state index in [2.05, 4.69) is 68.5 Å². The molecule has 0 saturated carbocycles. The fraction of sp³-hybridized carbons (Fsp3) is 0.467. The van der Waals surface area contributed by atoms with Crippen molar-refractivity contribution in [3.05, 3.63) is 42.1 Å². The molecule has 1 nitrogen and oxygen atoms in total. The molecule has 0 bridgehead atoms. The first-order valence-electron chi connectivity index (χ1n) is 6.36. The van der Waals surface area contributed by atoms with Gasteiger partial charge in [-0.1, -0.05) is 31.3 Å². The van der Waals surface area contributed by atoms with Gasteiger partial charge in [0.15, 0.2) is 0 Å². The molecule has 0 atom stereocenters. The van der Waals surface area contributed by atoms with Crippen LogP contribution in [0.3, 0.4) is 0 Å². The summed E-state index contributed by atoms with van der Waals surface area (Å²) >= 11 is 0. The molecule has 17 heavy (non-hydrogen) atoms. The Hall–Kier alpha value is -1.02. The Kier molecular flexibility index (Phi) is 5.00. The van der Waals surface area contributed by atoms with Gasteiger partial charge in [-0.15, -0.1) is 12.3 Å². The van der Waals surface area contributed by atoms with Gasteiger partial charge in [-0.2, -0.15) is 0 Å². The van der Waals surface area contributed by atoms with E-state index in [1.165, 1.54) is 23.7 Å². The average Bonchev–Trinajstić information content (AvgIpc) is 2.28. The van der Waals surface area contributed by atoms with Crippen LogP contribution >= 0.6 is 0 Å². The van der Waals surface area contributed by atoms with Crippen molar-refractivity contribution in [2.45, 2.75) is 32.5 Å². The summed E-state index contributed by atoms with van der Waals surface area (Å²) in [6.45, 7) is 12.0. The van der Waals surface area contributed by atoms with Crippen LogP contribution in [0.1, 0.15) is 12.0 Å². The van der Waals surface area contributed by atoms with Gasteiger partial charge < -0.3 is 4.90 Å². The van der Waals surface area contributed by atoms with Crippen molar-refractivity contribution in [1.29, 1.82) is 0 Å². The first kappa shape index (κ1) is 14.0. The zero-order valence-corrected chi connectivity index (χ0v) is 12.7. The first-order valence-corrected chi connectivity index (χ1v) is 9.64. The maximum atomic E-state index is 3.95. The van der Waals surface area contributed by atoms with E-state index < -0.39 is 8.07 Å². The van der Waals surface area contributed by atoms with E-state index in [1.807, 2.05) is 0 Å². The largest absolute Gasteiger partial charge is 0.375 e. The number of rotatable bonds is 6. The molecule has 0 saturated heterocycles. The average molecular weight is 247 g/mol. The molecular formula is C15H25NSi. The predicted octanol–water partition coefficient (Wildman–Crippen LogP) is 4.25. The molecule has 0 aliphatic carbocycles. The molecule has 0 N–H and O–H groups in total. The van der Waals surface area contributed by atoms with Crippen LogP contribution in [0.2, 0.25) is 19.1 Å². The molecular weight excluding hydrogens is 222 g/mol. The van der Waals surface area contributed by atoms with E-state index in [0.29, 0.717) is 0 Å². The van der Waals surface area contributed by atoms with Crippen molar-refractivity contribution in [3.63, 3.8) is 0 Å². The van der Waals surface area contributed by atoms with E-state index in [4.69, 9.17) is 0 Å². The Morgan fingerprint density at radius 2 is 2.06 bits per heavy atom. The molecule has 0 amide bonds. The number of hydrogen-bond acceptors (Lipinski definition) is 1. The van der Waals surface area contributed by atoms with Gasteiger partial charge in [-0.25, -0.2) is 0 Å². The van der Waals surface area contributed by atoms with Crippen LogP contribution in [-0.4, -0.2) is 21.7 Å². The normalized spacial score (nSPS) is 11.3. The van der Waals surface area contributed by atoms with E-state index in [0.717, 1.165) is 6.54 Å². The topological polar surface area (TPSA) is 3.24 Å². The molecule has 0 aliphatic rings. The lowest BCUT2D eigenvalue weighted by molar-refractivity contribution is 0.842. The Morgan fingerprint density at radius 3 is 2.65 bits per heavy atom. The van der Waals surface area contributed by atoms with Gasteiger partial charge in [0.25, 0.3) is 0 Å². The smallest absolute Gasteiger partial charge is 0.0710 e. The second-order valence-corrected chi connectivity index (χ2v) is 10.4. The van der Waals surface area contributed by atoms with Crippen molar-refractivity contribution in [2.24, 2.45) is 0 Å². The van der Waals surface area contributed by atoms with Gasteiger partial charge in [0.1, 0.15) is 0 Å². The van der Waals surface area contributed by atoms with Crippen molar-refractivity contribution in [2.75, 3.05) is 18.5 Å². The van der Waals surface area contributed by atoms with Gasteiger partial charge in [0, 0.05) is 19.3 Å². The highest BCUT2D eigenvalue weighted by Gasteiger charge is 2.15. The molecule has 0 fully saturated rings. The maximum Gasteiger partial charge on any atom is 0.0710 e. The summed E-state index contributed by atoms with van der Waals surface area (Å²) in [5.74, 6) is 0. The minimum absolute atomic E-state index is 1.12. The van der Waals surface area contributed by atoms with Crippen LogP contribution in [0.4, 0.5) is 5.69 Å². The molecule has 2 heteroatoms. The molecule has 1 aromatic carbocycles. The lowest BCUT2D eigenvalue weighted by Gasteiger charge is -2.22. The van der Waals surface area contributed by atoms with Crippen LogP contribution in [0, 0.1) is 6.92 Å². The van der Waals surface area contributed by atoms with E-state index in [1.54, 1.807) is 0 Å². The summed E-state index contributed by atoms with van der Waals surface area (Å²) in [7, 11) is 1.06. The molecule has 0 unspecified atom stereocenters.